The van der Waals surface area contributed by atoms with Gasteiger partial charge in [0.25, 0.3) is 6.71 Å². The van der Waals surface area contributed by atoms with Gasteiger partial charge in [0.2, 0.25) is 0 Å². The molecule has 0 atom stereocenters. The number of thiophene rings is 1. The monoisotopic (exact) mass is 866 g/mol. The highest BCUT2D eigenvalue weighted by Gasteiger charge is 2.44. The van der Waals surface area contributed by atoms with Crippen molar-refractivity contribution in [1.29, 1.82) is 0 Å². The van der Waals surface area contributed by atoms with Crippen LogP contribution in [-0.4, -0.2) is 6.71 Å². The molecule has 2 aliphatic rings. The molecule has 1 aromatic heterocycles. The normalized spacial score (nSPS) is 13.2. The Labute approximate surface area is 393 Å². The van der Waals surface area contributed by atoms with Gasteiger partial charge in [-0.1, -0.05) is 181 Å². The molecule has 66 heavy (non-hydrogen) atoms. The number of hydrogen-bond donors (Lipinski definition) is 0. The first-order chi connectivity index (χ1) is 32.0. The van der Waals surface area contributed by atoms with Crippen LogP contribution in [0.5, 0.6) is 0 Å². The molecular weight excluding hydrogens is 816 g/mol. The maximum absolute atomic E-state index is 2.57. The third-order valence-corrected chi connectivity index (χ3v) is 15.1. The van der Waals surface area contributed by atoms with E-state index in [4.69, 9.17) is 0 Å². The molecule has 0 amide bonds. The van der Waals surface area contributed by atoms with Gasteiger partial charge >= 0.3 is 0 Å². The van der Waals surface area contributed by atoms with E-state index in [0.29, 0.717) is 0 Å². The summed E-state index contributed by atoms with van der Waals surface area (Å²) in [5.74, 6) is 0. The lowest BCUT2D eigenvalue weighted by Gasteiger charge is -2.45. The maximum atomic E-state index is 2.57. The molecule has 0 fully saturated rings. The molecule has 10 aromatic rings. The number of anilines is 6. The molecule has 0 spiro atoms. The van der Waals surface area contributed by atoms with Gasteiger partial charge in [-0.05, 0) is 127 Å². The summed E-state index contributed by atoms with van der Waals surface area (Å²) in [5, 5.41) is 2.66. The van der Waals surface area contributed by atoms with Crippen molar-refractivity contribution >= 4 is 88.7 Å². The lowest BCUT2D eigenvalue weighted by atomic mass is 9.33. The number of rotatable bonds is 5. The average Bonchev–Trinajstić information content (AvgIpc) is 3.73. The van der Waals surface area contributed by atoms with E-state index in [2.05, 4.69) is 252 Å². The number of benzene rings is 9. The zero-order chi connectivity index (χ0) is 44.9. The van der Waals surface area contributed by atoms with Crippen LogP contribution < -0.4 is 26.2 Å². The van der Waals surface area contributed by atoms with Crippen LogP contribution >= 0.6 is 11.3 Å². The Bertz CT molecular complexity index is 3500. The summed E-state index contributed by atoms with van der Waals surface area (Å²) >= 11 is 1.88. The van der Waals surface area contributed by atoms with E-state index >= 15 is 0 Å². The fourth-order valence-electron chi connectivity index (χ4n) is 10.6. The van der Waals surface area contributed by atoms with Crippen molar-refractivity contribution in [2.75, 3.05) is 9.80 Å². The molecule has 9 aromatic carbocycles. The highest BCUT2D eigenvalue weighted by Crippen LogP contribution is 2.48. The Morgan fingerprint density at radius 3 is 1.58 bits per heavy atom. The first kappa shape index (κ1) is 40.4. The molecule has 0 saturated heterocycles. The first-order valence-corrected chi connectivity index (χ1v) is 24.1. The SMILES string of the molecule is CC(C)(C)c1ccc2c(c1)B1c3cc(C(C)(C)C)ccc3N(c3ccc(-c4ccccc4)cc3-c3ccccc3)c3cccc(c31)N2c1ccc(-c2cccc3sc4ccccc4c23)cc1. The van der Waals surface area contributed by atoms with E-state index in [9.17, 15) is 0 Å². The zero-order valence-corrected chi connectivity index (χ0v) is 39.2. The van der Waals surface area contributed by atoms with Crippen molar-refractivity contribution in [1.82, 2.24) is 0 Å². The van der Waals surface area contributed by atoms with Crippen molar-refractivity contribution in [2.45, 2.75) is 52.4 Å². The quantitative estimate of drug-likeness (QED) is 0.159. The van der Waals surface area contributed by atoms with Gasteiger partial charge in [-0.25, -0.2) is 0 Å². The highest BCUT2D eigenvalue weighted by molar-refractivity contribution is 7.26. The van der Waals surface area contributed by atoms with Gasteiger partial charge in [0, 0.05) is 54.2 Å². The maximum Gasteiger partial charge on any atom is 0.252 e. The minimum absolute atomic E-state index is 0.0193. The molecular formula is C62H51BN2S. The number of hydrogen-bond acceptors (Lipinski definition) is 3. The summed E-state index contributed by atoms with van der Waals surface area (Å²) in [4.78, 5) is 5.11. The van der Waals surface area contributed by atoms with E-state index in [1.165, 1.54) is 104 Å². The third-order valence-electron chi connectivity index (χ3n) is 14.0. The van der Waals surface area contributed by atoms with Gasteiger partial charge in [-0.3, -0.25) is 0 Å². The fourth-order valence-corrected chi connectivity index (χ4v) is 11.7. The molecule has 0 bridgehead atoms. The van der Waals surface area contributed by atoms with Crippen LogP contribution in [0.3, 0.4) is 0 Å². The topological polar surface area (TPSA) is 6.48 Å². The van der Waals surface area contributed by atoms with E-state index in [1.807, 2.05) is 11.3 Å². The van der Waals surface area contributed by atoms with Crippen LogP contribution in [0.1, 0.15) is 52.7 Å². The summed E-state index contributed by atoms with van der Waals surface area (Å²) in [5.41, 5.74) is 21.1. The van der Waals surface area contributed by atoms with Crippen LogP contribution in [0.4, 0.5) is 34.1 Å². The van der Waals surface area contributed by atoms with Gasteiger partial charge in [-0.2, -0.15) is 0 Å². The molecule has 3 heterocycles. The molecule has 4 heteroatoms. The molecule has 2 nitrogen and oxygen atoms in total. The highest BCUT2D eigenvalue weighted by atomic mass is 32.1. The van der Waals surface area contributed by atoms with E-state index in [1.54, 1.807) is 0 Å². The zero-order valence-electron chi connectivity index (χ0n) is 38.4. The Balaban J connectivity index is 1.10. The summed E-state index contributed by atoms with van der Waals surface area (Å²) in [7, 11) is 0. The van der Waals surface area contributed by atoms with Gasteiger partial charge in [0.1, 0.15) is 0 Å². The van der Waals surface area contributed by atoms with Crippen molar-refractivity contribution < 1.29 is 0 Å². The van der Waals surface area contributed by atoms with Crippen molar-refractivity contribution in [3.8, 4) is 33.4 Å². The van der Waals surface area contributed by atoms with Gasteiger partial charge in [0.15, 0.2) is 0 Å². The second-order valence-corrected chi connectivity index (χ2v) is 21.2. The molecule has 12 rings (SSSR count). The number of nitrogens with zero attached hydrogens (tertiary/aromatic N) is 2. The summed E-state index contributed by atoms with van der Waals surface area (Å²) in [6, 6.07) is 75.2. The van der Waals surface area contributed by atoms with Crippen molar-refractivity contribution in [3.05, 3.63) is 211 Å². The summed E-state index contributed by atoms with van der Waals surface area (Å²) in [6.07, 6.45) is 0. The molecule has 318 valence electrons. The Morgan fingerprint density at radius 1 is 0.379 bits per heavy atom. The van der Waals surface area contributed by atoms with E-state index < -0.39 is 0 Å². The molecule has 2 aliphatic heterocycles. The van der Waals surface area contributed by atoms with Crippen LogP contribution in [0.25, 0.3) is 53.6 Å². The minimum Gasteiger partial charge on any atom is -0.311 e. The molecule has 0 unspecified atom stereocenters. The average molecular weight is 867 g/mol. The Morgan fingerprint density at radius 2 is 0.909 bits per heavy atom. The Kier molecular flexibility index (Phi) is 9.31. The van der Waals surface area contributed by atoms with Crippen LogP contribution in [0.15, 0.2) is 200 Å². The smallest absolute Gasteiger partial charge is 0.252 e. The van der Waals surface area contributed by atoms with Crippen LogP contribution in [0, 0.1) is 0 Å². The third kappa shape index (κ3) is 6.53. The van der Waals surface area contributed by atoms with Gasteiger partial charge < -0.3 is 9.80 Å². The second kappa shape index (κ2) is 15.2. The van der Waals surface area contributed by atoms with Crippen molar-refractivity contribution in [2.24, 2.45) is 0 Å². The second-order valence-electron chi connectivity index (χ2n) is 20.1. The van der Waals surface area contributed by atoms with E-state index in [-0.39, 0.29) is 17.5 Å². The minimum atomic E-state index is -0.0373. The Hall–Kier alpha value is -7.14. The first-order valence-electron chi connectivity index (χ1n) is 23.3. The van der Waals surface area contributed by atoms with Gasteiger partial charge in [-0.15, -0.1) is 11.3 Å². The molecule has 0 radical (unpaired) electrons. The van der Waals surface area contributed by atoms with Crippen LogP contribution in [-0.2, 0) is 10.8 Å². The predicted molar refractivity (Wildman–Crippen MR) is 287 cm³/mol. The van der Waals surface area contributed by atoms with E-state index in [0.717, 1.165) is 11.4 Å². The molecule has 0 aliphatic carbocycles. The standard InChI is InChI=1S/C62H51BN2S/c1-61(2,3)44-30-35-53-50(38-44)63-51-39-45(62(4,5)6)31-36-54(51)65(52-34-29-43(40-17-9-7-10-18-40)37-49(52)41-19-11-8-12-20-41)56-24-16-23-55(60(56)63)64(53)46-32-27-42(28-33-46)47-22-15-26-58-59(47)48-21-13-14-25-57(48)66-58/h7-39H,1-6H3. The lowest BCUT2D eigenvalue weighted by Crippen LogP contribution is -2.61. The van der Waals surface area contributed by atoms with Crippen molar-refractivity contribution in [3.63, 3.8) is 0 Å². The summed E-state index contributed by atoms with van der Waals surface area (Å²) in [6.45, 7) is 14.0. The predicted octanol–water partition coefficient (Wildman–Crippen LogP) is 15.7. The lowest BCUT2D eigenvalue weighted by molar-refractivity contribution is 0.590. The molecule has 0 saturated carbocycles. The summed E-state index contributed by atoms with van der Waals surface area (Å²) < 4.78 is 2.65. The van der Waals surface area contributed by atoms with Gasteiger partial charge in [0.05, 0.1) is 5.69 Å². The molecule has 0 N–H and O–H groups in total. The largest absolute Gasteiger partial charge is 0.311 e. The fraction of sp³-hybridized carbons (Fsp3) is 0.129. The number of fused-ring (bicyclic) bond motifs is 7. The van der Waals surface area contributed by atoms with Crippen LogP contribution in [0.2, 0.25) is 0 Å².